The average molecular weight is 267 g/mol. The first-order valence-electron chi connectivity index (χ1n) is 7.34. The molecule has 0 spiro atoms. The van der Waals surface area contributed by atoms with Crippen LogP contribution in [0.3, 0.4) is 0 Å². The molecule has 5 nitrogen and oxygen atoms in total. The van der Waals surface area contributed by atoms with E-state index in [0.717, 1.165) is 19.3 Å². The number of primary amides is 1. The number of carbonyl (C=O) groups is 2. The summed E-state index contributed by atoms with van der Waals surface area (Å²) >= 11 is 0. The van der Waals surface area contributed by atoms with Gasteiger partial charge in [0.2, 0.25) is 11.8 Å². The molecule has 2 rings (SSSR count). The van der Waals surface area contributed by atoms with Crippen LogP contribution in [0.4, 0.5) is 0 Å². The third kappa shape index (κ3) is 3.08. The van der Waals surface area contributed by atoms with E-state index in [1.807, 2.05) is 4.90 Å². The van der Waals surface area contributed by atoms with Crippen molar-refractivity contribution < 1.29 is 9.59 Å². The van der Waals surface area contributed by atoms with Crippen molar-refractivity contribution in [3.8, 4) is 0 Å². The number of nitrogens with two attached hydrogens (primary N) is 2. The molecule has 3 unspecified atom stereocenters. The first-order chi connectivity index (χ1) is 9.00. The summed E-state index contributed by atoms with van der Waals surface area (Å²) in [4.78, 5) is 25.6. The molecular formula is C14H25N3O2. The maximum atomic E-state index is 12.6. The second kappa shape index (κ2) is 5.90. The minimum absolute atomic E-state index is 0.00915. The van der Waals surface area contributed by atoms with Gasteiger partial charge in [0, 0.05) is 25.0 Å². The van der Waals surface area contributed by atoms with Crippen molar-refractivity contribution in [2.75, 3.05) is 13.1 Å². The molecule has 19 heavy (non-hydrogen) atoms. The monoisotopic (exact) mass is 267 g/mol. The quantitative estimate of drug-likeness (QED) is 0.762. The fraction of sp³-hybridized carbons (Fsp3) is 0.857. The van der Waals surface area contributed by atoms with Gasteiger partial charge in [-0.1, -0.05) is 13.3 Å². The van der Waals surface area contributed by atoms with Crippen molar-refractivity contribution in [2.24, 2.45) is 29.2 Å². The highest BCUT2D eigenvalue weighted by atomic mass is 16.2. The fourth-order valence-corrected chi connectivity index (χ4v) is 3.48. The van der Waals surface area contributed by atoms with Crippen LogP contribution in [-0.2, 0) is 9.59 Å². The number of likely N-dealkylation sites (tertiary alicyclic amines) is 1. The number of piperidine rings is 1. The van der Waals surface area contributed by atoms with Crippen LogP contribution in [0.2, 0.25) is 0 Å². The molecule has 0 bridgehead atoms. The number of nitrogens with zero attached hydrogens (tertiary/aromatic N) is 1. The van der Waals surface area contributed by atoms with E-state index < -0.39 is 0 Å². The minimum atomic E-state index is -0.241. The smallest absolute Gasteiger partial charge is 0.227 e. The van der Waals surface area contributed by atoms with Crippen LogP contribution < -0.4 is 11.5 Å². The zero-order valence-electron chi connectivity index (χ0n) is 11.7. The van der Waals surface area contributed by atoms with E-state index in [0.29, 0.717) is 31.8 Å². The lowest BCUT2D eigenvalue weighted by molar-refractivity contribution is -0.141. The van der Waals surface area contributed by atoms with Crippen LogP contribution in [0.5, 0.6) is 0 Å². The molecule has 2 fully saturated rings. The van der Waals surface area contributed by atoms with Gasteiger partial charge in [-0.3, -0.25) is 9.59 Å². The van der Waals surface area contributed by atoms with Crippen molar-refractivity contribution in [1.82, 2.24) is 4.90 Å². The van der Waals surface area contributed by atoms with Gasteiger partial charge in [-0.05, 0) is 31.6 Å². The van der Waals surface area contributed by atoms with Crippen LogP contribution in [0, 0.1) is 17.8 Å². The lowest BCUT2D eigenvalue weighted by atomic mass is 9.76. The minimum Gasteiger partial charge on any atom is -0.369 e. The molecule has 4 N–H and O–H groups in total. The largest absolute Gasteiger partial charge is 0.369 e. The highest BCUT2D eigenvalue weighted by molar-refractivity contribution is 5.81. The number of hydrogen-bond donors (Lipinski definition) is 2. The molecule has 1 heterocycles. The highest BCUT2D eigenvalue weighted by Crippen LogP contribution is 2.31. The number of carbonyl (C=O) groups excluding carboxylic acids is 2. The molecule has 0 aromatic heterocycles. The van der Waals surface area contributed by atoms with Gasteiger partial charge in [0.25, 0.3) is 0 Å². The third-order valence-electron chi connectivity index (χ3n) is 4.77. The van der Waals surface area contributed by atoms with Gasteiger partial charge in [-0.25, -0.2) is 0 Å². The number of rotatable bonds is 2. The Morgan fingerprint density at radius 1 is 1.11 bits per heavy atom. The molecule has 0 aromatic carbocycles. The summed E-state index contributed by atoms with van der Waals surface area (Å²) < 4.78 is 0. The van der Waals surface area contributed by atoms with Crippen LogP contribution in [0.1, 0.15) is 39.0 Å². The molecule has 2 aliphatic rings. The summed E-state index contributed by atoms with van der Waals surface area (Å²) in [5.74, 6) is 0.197. The topological polar surface area (TPSA) is 89.4 Å². The second-order valence-electron chi connectivity index (χ2n) is 6.10. The van der Waals surface area contributed by atoms with E-state index in [-0.39, 0.29) is 29.7 Å². The molecule has 1 aliphatic carbocycles. The summed E-state index contributed by atoms with van der Waals surface area (Å²) in [5, 5.41) is 0. The lowest BCUT2D eigenvalue weighted by Gasteiger charge is -2.39. The molecule has 1 saturated carbocycles. The Bertz CT molecular complexity index is 341. The maximum Gasteiger partial charge on any atom is 0.227 e. The molecule has 3 atom stereocenters. The van der Waals surface area contributed by atoms with Gasteiger partial charge in [-0.2, -0.15) is 0 Å². The van der Waals surface area contributed by atoms with Crippen molar-refractivity contribution in [3.05, 3.63) is 0 Å². The van der Waals surface area contributed by atoms with Crippen LogP contribution in [0.15, 0.2) is 0 Å². The zero-order chi connectivity index (χ0) is 14.0. The van der Waals surface area contributed by atoms with Crippen molar-refractivity contribution in [3.63, 3.8) is 0 Å². The first kappa shape index (κ1) is 14.3. The summed E-state index contributed by atoms with van der Waals surface area (Å²) in [6.45, 7) is 3.41. The second-order valence-corrected chi connectivity index (χ2v) is 6.10. The summed E-state index contributed by atoms with van der Waals surface area (Å²) in [7, 11) is 0. The van der Waals surface area contributed by atoms with Crippen LogP contribution in [0.25, 0.3) is 0 Å². The van der Waals surface area contributed by atoms with Crippen molar-refractivity contribution in [2.45, 2.75) is 45.1 Å². The number of hydrogen-bond acceptors (Lipinski definition) is 3. The maximum absolute atomic E-state index is 12.6. The third-order valence-corrected chi connectivity index (χ3v) is 4.77. The number of amides is 2. The summed E-state index contributed by atoms with van der Waals surface area (Å²) in [5.41, 5.74) is 11.4. The van der Waals surface area contributed by atoms with E-state index >= 15 is 0 Å². The van der Waals surface area contributed by atoms with Gasteiger partial charge in [0.05, 0.1) is 5.92 Å². The van der Waals surface area contributed by atoms with Gasteiger partial charge >= 0.3 is 0 Å². The zero-order valence-corrected chi connectivity index (χ0v) is 11.7. The van der Waals surface area contributed by atoms with E-state index in [2.05, 4.69) is 6.92 Å². The van der Waals surface area contributed by atoms with Crippen molar-refractivity contribution >= 4 is 11.8 Å². The molecular weight excluding hydrogens is 242 g/mol. The molecule has 0 radical (unpaired) electrons. The lowest BCUT2D eigenvalue weighted by Crippen LogP contribution is -2.51. The fourth-order valence-electron chi connectivity index (χ4n) is 3.48. The Morgan fingerprint density at radius 3 is 2.26 bits per heavy atom. The van der Waals surface area contributed by atoms with E-state index in [9.17, 15) is 9.59 Å². The Kier molecular flexibility index (Phi) is 4.45. The highest BCUT2D eigenvalue weighted by Gasteiger charge is 2.37. The Labute approximate surface area is 114 Å². The van der Waals surface area contributed by atoms with Crippen LogP contribution in [-0.4, -0.2) is 35.8 Å². The predicted molar refractivity (Wildman–Crippen MR) is 73.0 cm³/mol. The van der Waals surface area contributed by atoms with Gasteiger partial charge < -0.3 is 16.4 Å². The van der Waals surface area contributed by atoms with Crippen molar-refractivity contribution in [1.29, 1.82) is 0 Å². The average Bonchev–Trinajstić information content (AvgIpc) is 2.38. The predicted octanol–water partition coefficient (Wildman–Crippen LogP) is 0.474. The summed E-state index contributed by atoms with van der Waals surface area (Å²) in [6, 6.07) is -0.00915. The molecule has 1 saturated heterocycles. The SMILES string of the molecule is CC1CCCC(N)C1C(=O)N1CCC(C(N)=O)CC1. The van der Waals surface area contributed by atoms with Gasteiger partial charge in [0.15, 0.2) is 0 Å². The normalized spacial score (nSPS) is 33.2. The Hall–Kier alpha value is -1.10. The molecule has 108 valence electrons. The molecule has 2 amide bonds. The Morgan fingerprint density at radius 2 is 1.74 bits per heavy atom. The van der Waals surface area contributed by atoms with Gasteiger partial charge in [0.1, 0.15) is 0 Å². The van der Waals surface area contributed by atoms with Crippen LogP contribution >= 0.6 is 0 Å². The standard InChI is InChI=1S/C14H25N3O2/c1-9-3-2-4-11(15)12(9)14(19)17-7-5-10(6-8-17)13(16)18/h9-12H,2-8,15H2,1H3,(H2,16,18). The van der Waals surface area contributed by atoms with E-state index in [1.165, 1.54) is 0 Å². The summed E-state index contributed by atoms with van der Waals surface area (Å²) in [6.07, 6.45) is 4.53. The van der Waals surface area contributed by atoms with E-state index in [1.54, 1.807) is 0 Å². The molecule has 5 heteroatoms. The van der Waals surface area contributed by atoms with Gasteiger partial charge in [-0.15, -0.1) is 0 Å². The molecule has 1 aliphatic heterocycles. The van der Waals surface area contributed by atoms with E-state index in [4.69, 9.17) is 11.5 Å². The molecule has 0 aromatic rings. The Balaban J connectivity index is 1.95. The first-order valence-corrected chi connectivity index (χ1v) is 7.34.